The average Bonchev–Trinajstić information content (AvgIpc) is 3.26. The van der Waals surface area contributed by atoms with Gasteiger partial charge < -0.3 is 19.9 Å². The Hall–Kier alpha value is -2.68. The number of amides is 3. The van der Waals surface area contributed by atoms with Crippen LogP contribution in [0.3, 0.4) is 0 Å². The predicted octanol–water partition coefficient (Wildman–Crippen LogP) is 6.31. The maximum Gasteiger partial charge on any atom is 0.322 e. The number of urea groups is 1. The van der Waals surface area contributed by atoms with E-state index in [4.69, 9.17) is 4.74 Å². The van der Waals surface area contributed by atoms with Crippen molar-refractivity contribution in [1.29, 1.82) is 0 Å². The van der Waals surface area contributed by atoms with Gasteiger partial charge in [0.15, 0.2) is 0 Å². The van der Waals surface area contributed by atoms with E-state index in [0.717, 1.165) is 14.9 Å². The minimum absolute atomic E-state index is 0.00819. The summed E-state index contributed by atoms with van der Waals surface area (Å²) in [5.41, 5.74) is 2.90. The summed E-state index contributed by atoms with van der Waals surface area (Å²) in [5, 5.41) is 4.96. The molecule has 35 heavy (non-hydrogen) atoms. The summed E-state index contributed by atoms with van der Waals surface area (Å²) in [5.74, 6) is -0.0935. The highest BCUT2D eigenvalue weighted by Crippen LogP contribution is 2.20. The minimum atomic E-state index is -0.302. The van der Waals surface area contributed by atoms with Crippen LogP contribution < -0.4 is 5.32 Å². The number of thiophene rings is 1. The van der Waals surface area contributed by atoms with Crippen LogP contribution in [0, 0.1) is 6.92 Å². The minimum Gasteiger partial charge on any atom is -0.382 e. The first-order valence-electron chi connectivity index (χ1n) is 11.7. The Morgan fingerprint density at radius 2 is 1.74 bits per heavy atom. The lowest BCUT2D eigenvalue weighted by atomic mass is 10.2. The average molecular weight is 559 g/mol. The van der Waals surface area contributed by atoms with Gasteiger partial charge in [0.25, 0.3) is 0 Å². The number of rotatable bonds is 12. The van der Waals surface area contributed by atoms with E-state index < -0.39 is 0 Å². The first-order valence-corrected chi connectivity index (χ1v) is 13.4. The van der Waals surface area contributed by atoms with Crippen LogP contribution >= 0.6 is 27.3 Å². The summed E-state index contributed by atoms with van der Waals surface area (Å²) in [4.78, 5) is 31.3. The summed E-state index contributed by atoms with van der Waals surface area (Å²) in [7, 11) is 0. The topological polar surface area (TPSA) is 61.9 Å². The number of nitrogens with zero attached hydrogens (tertiary/aromatic N) is 2. The van der Waals surface area contributed by atoms with E-state index in [1.165, 1.54) is 5.56 Å². The SMILES string of the molecule is CCOCCCN(CC(=O)N(Cc1ccccc1)Cc1sccc1C)C(=O)Nc1ccc(Br)cc1. The largest absolute Gasteiger partial charge is 0.382 e. The van der Waals surface area contributed by atoms with Crippen LogP contribution in [0.25, 0.3) is 0 Å². The molecule has 0 bridgehead atoms. The van der Waals surface area contributed by atoms with Gasteiger partial charge in [0.2, 0.25) is 5.91 Å². The Labute approximate surface area is 220 Å². The Kier molecular flexibility index (Phi) is 10.8. The van der Waals surface area contributed by atoms with Gasteiger partial charge in [0.05, 0.1) is 6.54 Å². The zero-order chi connectivity index (χ0) is 25.0. The molecule has 0 fully saturated rings. The van der Waals surface area contributed by atoms with Gasteiger partial charge in [-0.3, -0.25) is 4.79 Å². The smallest absolute Gasteiger partial charge is 0.322 e. The molecule has 6 nitrogen and oxygen atoms in total. The van der Waals surface area contributed by atoms with Crippen molar-refractivity contribution >= 4 is 44.9 Å². The van der Waals surface area contributed by atoms with Gasteiger partial charge in [-0.25, -0.2) is 4.79 Å². The molecule has 2 aromatic carbocycles. The van der Waals surface area contributed by atoms with Crippen molar-refractivity contribution in [2.24, 2.45) is 0 Å². The molecule has 1 heterocycles. The number of benzene rings is 2. The molecule has 0 saturated heterocycles. The van der Waals surface area contributed by atoms with E-state index >= 15 is 0 Å². The van der Waals surface area contributed by atoms with E-state index in [0.29, 0.717) is 45.0 Å². The zero-order valence-corrected chi connectivity index (χ0v) is 22.6. The van der Waals surface area contributed by atoms with E-state index in [9.17, 15) is 9.59 Å². The number of aryl methyl sites for hydroxylation is 1. The molecule has 0 saturated carbocycles. The standard InChI is InChI=1S/C27H32BrN3O3S/c1-3-34-16-7-15-30(27(33)29-24-12-10-23(28)11-13-24)20-26(32)31(18-22-8-5-4-6-9-22)19-25-21(2)14-17-35-25/h4-6,8-14,17H,3,7,15-16,18-20H2,1-2H3,(H,29,33). The molecule has 1 N–H and O–H groups in total. The van der Waals surface area contributed by atoms with Crippen molar-refractivity contribution in [3.63, 3.8) is 0 Å². The normalized spacial score (nSPS) is 10.7. The van der Waals surface area contributed by atoms with Gasteiger partial charge in [-0.05, 0) is 67.1 Å². The number of carbonyl (C=O) groups excluding carboxylic acids is 2. The number of nitrogens with one attached hydrogen (secondary N) is 1. The van der Waals surface area contributed by atoms with Gasteiger partial charge in [-0.2, -0.15) is 0 Å². The Morgan fingerprint density at radius 1 is 1.00 bits per heavy atom. The molecule has 0 atom stereocenters. The van der Waals surface area contributed by atoms with Crippen LogP contribution in [0.15, 0.2) is 70.5 Å². The highest BCUT2D eigenvalue weighted by Gasteiger charge is 2.22. The second-order valence-corrected chi connectivity index (χ2v) is 10.1. The molecule has 0 unspecified atom stereocenters. The maximum atomic E-state index is 13.6. The van der Waals surface area contributed by atoms with Gasteiger partial charge in [0, 0.05) is 41.3 Å². The van der Waals surface area contributed by atoms with Crippen molar-refractivity contribution in [3.8, 4) is 0 Å². The molecule has 0 spiro atoms. The molecule has 3 amide bonds. The van der Waals surface area contributed by atoms with E-state index in [1.54, 1.807) is 16.2 Å². The van der Waals surface area contributed by atoms with E-state index in [1.807, 2.05) is 71.8 Å². The van der Waals surface area contributed by atoms with Crippen LogP contribution in [0.1, 0.15) is 29.3 Å². The van der Waals surface area contributed by atoms with Crippen molar-refractivity contribution in [2.75, 3.05) is 31.6 Å². The quantitative estimate of drug-likeness (QED) is 0.265. The summed E-state index contributed by atoms with van der Waals surface area (Å²) in [6.07, 6.45) is 0.650. The first-order chi connectivity index (χ1) is 17.0. The van der Waals surface area contributed by atoms with Crippen LogP contribution in [0.5, 0.6) is 0 Å². The van der Waals surface area contributed by atoms with Gasteiger partial charge >= 0.3 is 6.03 Å². The zero-order valence-electron chi connectivity index (χ0n) is 20.2. The monoisotopic (exact) mass is 557 g/mol. The Bertz CT molecular complexity index is 1070. The van der Waals surface area contributed by atoms with Crippen LogP contribution in [0.2, 0.25) is 0 Å². The van der Waals surface area contributed by atoms with Crippen LogP contribution in [-0.4, -0.2) is 48.0 Å². The van der Waals surface area contributed by atoms with Crippen molar-refractivity contribution in [3.05, 3.63) is 86.5 Å². The molecule has 3 rings (SSSR count). The molecule has 0 aliphatic heterocycles. The maximum absolute atomic E-state index is 13.6. The second-order valence-electron chi connectivity index (χ2n) is 8.17. The summed E-state index contributed by atoms with van der Waals surface area (Å²) < 4.78 is 6.38. The van der Waals surface area contributed by atoms with Crippen molar-refractivity contribution in [2.45, 2.75) is 33.4 Å². The highest BCUT2D eigenvalue weighted by atomic mass is 79.9. The van der Waals surface area contributed by atoms with E-state index in [-0.39, 0.29) is 18.5 Å². The molecule has 0 aliphatic carbocycles. The third kappa shape index (κ3) is 8.80. The number of ether oxygens (including phenoxy) is 1. The third-order valence-corrected chi connectivity index (χ3v) is 7.04. The summed E-state index contributed by atoms with van der Waals surface area (Å²) in [6, 6.07) is 19.1. The van der Waals surface area contributed by atoms with Gasteiger partial charge in [-0.15, -0.1) is 11.3 Å². The molecule has 0 aliphatic rings. The number of hydrogen-bond donors (Lipinski definition) is 1. The van der Waals surface area contributed by atoms with Gasteiger partial charge in [0.1, 0.15) is 6.54 Å². The van der Waals surface area contributed by atoms with Gasteiger partial charge in [-0.1, -0.05) is 46.3 Å². The Morgan fingerprint density at radius 3 is 2.40 bits per heavy atom. The fourth-order valence-corrected chi connectivity index (χ4v) is 4.71. The lowest BCUT2D eigenvalue weighted by molar-refractivity contribution is -0.133. The molecule has 1 aromatic heterocycles. The molecule has 186 valence electrons. The fourth-order valence-electron chi connectivity index (χ4n) is 3.53. The van der Waals surface area contributed by atoms with E-state index in [2.05, 4.69) is 34.2 Å². The predicted molar refractivity (Wildman–Crippen MR) is 146 cm³/mol. The number of anilines is 1. The van der Waals surface area contributed by atoms with Crippen LogP contribution in [0.4, 0.5) is 10.5 Å². The molecular weight excluding hydrogens is 526 g/mol. The first kappa shape index (κ1) is 26.9. The van der Waals surface area contributed by atoms with Crippen molar-refractivity contribution < 1.29 is 14.3 Å². The Balaban J connectivity index is 1.75. The number of halogens is 1. The molecule has 0 radical (unpaired) electrons. The second kappa shape index (κ2) is 14.0. The van der Waals surface area contributed by atoms with Crippen molar-refractivity contribution in [1.82, 2.24) is 9.80 Å². The number of hydrogen-bond acceptors (Lipinski definition) is 4. The summed E-state index contributed by atoms with van der Waals surface area (Å²) in [6.45, 7) is 6.57. The molecule has 3 aromatic rings. The highest BCUT2D eigenvalue weighted by molar-refractivity contribution is 9.10. The van der Waals surface area contributed by atoms with Crippen LogP contribution in [-0.2, 0) is 22.6 Å². The lowest BCUT2D eigenvalue weighted by Crippen LogP contribution is -2.44. The molecule has 8 heteroatoms. The molecular formula is C27H32BrN3O3S. The summed E-state index contributed by atoms with van der Waals surface area (Å²) >= 11 is 5.05. The third-order valence-electron chi connectivity index (χ3n) is 5.50. The fraction of sp³-hybridized carbons (Fsp3) is 0.333. The lowest BCUT2D eigenvalue weighted by Gasteiger charge is -2.28. The number of carbonyl (C=O) groups is 2.